The van der Waals surface area contributed by atoms with Gasteiger partial charge in [-0.05, 0) is 36.5 Å². The van der Waals surface area contributed by atoms with Crippen LogP contribution in [0.1, 0.15) is 10.5 Å². The van der Waals surface area contributed by atoms with E-state index in [0.717, 1.165) is 48.3 Å². The number of fused-ring (bicyclic) bond motifs is 1. The van der Waals surface area contributed by atoms with E-state index in [1.54, 1.807) is 31.5 Å². The van der Waals surface area contributed by atoms with Crippen molar-refractivity contribution in [3.63, 3.8) is 0 Å². The Labute approximate surface area is 191 Å². The normalized spacial score (nSPS) is 14.4. The van der Waals surface area contributed by atoms with Gasteiger partial charge in [0.25, 0.3) is 5.91 Å². The Balaban J connectivity index is 1.35. The molecule has 4 heterocycles. The van der Waals surface area contributed by atoms with Gasteiger partial charge >= 0.3 is 7.05 Å². The Bertz CT molecular complexity index is 1280. The first-order valence-electron chi connectivity index (χ1n) is 10.9. The molecule has 0 bridgehead atoms. The summed E-state index contributed by atoms with van der Waals surface area (Å²) in [6.45, 7) is 4.76. The fourth-order valence-electron chi connectivity index (χ4n) is 4.09. The number of hydrogen-bond donors (Lipinski definition) is 3. The molecular formula is C23H24BN7O2. The van der Waals surface area contributed by atoms with Gasteiger partial charge in [-0.15, -0.1) is 0 Å². The number of carbonyl (C=O) groups is 1. The third-order valence-corrected chi connectivity index (χ3v) is 5.93. The lowest BCUT2D eigenvalue weighted by atomic mass is 9.84. The van der Waals surface area contributed by atoms with Gasteiger partial charge in [-0.2, -0.15) is 0 Å². The molecule has 3 aromatic heterocycles. The quantitative estimate of drug-likeness (QED) is 0.408. The molecule has 0 spiro atoms. The molecule has 166 valence electrons. The highest BCUT2D eigenvalue weighted by atomic mass is 16.2. The monoisotopic (exact) mass is 441 g/mol. The molecule has 1 fully saturated rings. The van der Waals surface area contributed by atoms with Crippen molar-refractivity contribution in [1.29, 1.82) is 0 Å². The Morgan fingerprint density at radius 3 is 2.79 bits per heavy atom. The number of benzene rings is 1. The van der Waals surface area contributed by atoms with Gasteiger partial charge in [0.1, 0.15) is 5.69 Å². The van der Waals surface area contributed by atoms with E-state index in [4.69, 9.17) is 0 Å². The topological polar surface area (TPSA) is 110 Å². The standard InChI is InChI=1S/C23H24BN7O2/c1-24(33)31-12-10-30(11-13-31)21-6-7-25-15-20(21)29-23(32)18-5-9-27-22(28-18)17-3-2-16-4-8-26-19(16)14-17/h2-9,14-15,26,33H,10-13H2,1H3,(H,29,32). The molecule has 3 N–H and O–H groups in total. The number of nitrogens with one attached hydrogen (secondary N) is 2. The van der Waals surface area contributed by atoms with Crippen molar-refractivity contribution < 1.29 is 9.82 Å². The van der Waals surface area contributed by atoms with Crippen LogP contribution < -0.4 is 10.2 Å². The number of H-pyrrole nitrogens is 1. The van der Waals surface area contributed by atoms with Crippen LogP contribution in [-0.2, 0) is 0 Å². The van der Waals surface area contributed by atoms with E-state index in [1.807, 2.05) is 41.3 Å². The molecule has 10 heteroatoms. The molecule has 5 rings (SSSR count). The van der Waals surface area contributed by atoms with Gasteiger partial charge in [0.2, 0.25) is 0 Å². The molecule has 1 aromatic carbocycles. The van der Waals surface area contributed by atoms with Gasteiger partial charge in [0.15, 0.2) is 5.82 Å². The average molecular weight is 441 g/mol. The van der Waals surface area contributed by atoms with E-state index in [1.165, 1.54) is 0 Å². The number of piperazine rings is 1. The lowest BCUT2D eigenvalue weighted by Gasteiger charge is -2.37. The Hall–Kier alpha value is -3.76. The smallest absolute Gasteiger partial charge is 0.376 e. The van der Waals surface area contributed by atoms with Crippen molar-refractivity contribution in [3.05, 3.63) is 66.9 Å². The van der Waals surface area contributed by atoms with Gasteiger partial charge in [0.05, 0.1) is 17.6 Å². The van der Waals surface area contributed by atoms with Gasteiger partial charge in [-0.1, -0.05) is 12.1 Å². The predicted octanol–water partition coefficient (Wildman–Crippen LogP) is 2.50. The number of carbonyl (C=O) groups excluding carboxylic acids is 1. The van der Waals surface area contributed by atoms with Crippen molar-refractivity contribution in [1.82, 2.24) is 24.7 Å². The van der Waals surface area contributed by atoms with Gasteiger partial charge in [-0.25, -0.2) is 9.97 Å². The molecule has 0 unspecified atom stereocenters. The lowest BCUT2D eigenvalue weighted by molar-refractivity contribution is 0.102. The first-order chi connectivity index (χ1) is 16.1. The minimum Gasteiger partial charge on any atom is -0.437 e. The molecule has 1 aliphatic rings. The van der Waals surface area contributed by atoms with Crippen LogP contribution in [0.3, 0.4) is 0 Å². The summed E-state index contributed by atoms with van der Waals surface area (Å²) in [5.41, 5.74) is 3.62. The number of pyridine rings is 1. The van der Waals surface area contributed by atoms with Crippen LogP contribution >= 0.6 is 0 Å². The number of rotatable bonds is 5. The van der Waals surface area contributed by atoms with Crippen LogP contribution in [0.15, 0.2) is 61.2 Å². The van der Waals surface area contributed by atoms with Crippen molar-refractivity contribution in [3.8, 4) is 11.4 Å². The molecule has 1 aliphatic heterocycles. The molecule has 0 radical (unpaired) electrons. The van der Waals surface area contributed by atoms with Crippen LogP contribution in [-0.4, -0.2) is 68.9 Å². The number of hydrogen-bond acceptors (Lipinski definition) is 7. The molecule has 4 aromatic rings. The summed E-state index contributed by atoms with van der Waals surface area (Å²) in [5.74, 6) is 0.163. The highest BCUT2D eigenvalue weighted by molar-refractivity contribution is 6.45. The van der Waals surface area contributed by atoms with E-state index < -0.39 is 7.05 Å². The maximum Gasteiger partial charge on any atom is 0.376 e. The summed E-state index contributed by atoms with van der Waals surface area (Å²) in [7, 11) is -0.464. The second kappa shape index (κ2) is 9.01. The largest absolute Gasteiger partial charge is 0.437 e. The van der Waals surface area contributed by atoms with Crippen molar-refractivity contribution in [2.75, 3.05) is 36.4 Å². The zero-order valence-electron chi connectivity index (χ0n) is 18.3. The third-order valence-electron chi connectivity index (χ3n) is 5.93. The number of aromatic nitrogens is 4. The van der Waals surface area contributed by atoms with Crippen LogP contribution in [0.4, 0.5) is 11.4 Å². The van der Waals surface area contributed by atoms with E-state index in [9.17, 15) is 9.82 Å². The summed E-state index contributed by atoms with van der Waals surface area (Å²) < 4.78 is 0. The molecule has 0 saturated carbocycles. The minimum atomic E-state index is -0.464. The van der Waals surface area contributed by atoms with E-state index in [-0.39, 0.29) is 11.6 Å². The molecule has 0 atom stereocenters. The average Bonchev–Trinajstić information content (AvgIpc) is 3.32. The van der Waals surface area contributed by atoms with E-state index >= 15 is 0 Å². The van der Waals surface area contributed by atoms with Crippen LogP contribution in [0, 0.1) is 0 Å². The molecular weight excluding hydrogens is 417 g/mol. The number of anilines is 2. The highest BCUT2D eigenvalue weighted by Gasteiger charge is 2.24. The zero-order valence-corrected chi connectivity index (χ0v) is 18.3. The fourth-order valence-corrected chi connectivity index (χ4v) is 4.09. The Morgan fingerprint density at radius 2 is 1.97 bits per heavy atom. The first-order valence-corrected chi connectivity index (χ1v) is 10.9. The summed E-state index contributed by atoms with van der Waals surface area (Å²) in [5, 5.41) is 13.9. The van der Waals surface area contributed by atoms with E-state index in [2.05, 4.69) is 30.2 Å². The van der Waals surface area contributed by atoms with Crippen LogP contribution in [0.25, 0.3) is 22.3 Å². The van der Waals surface area contributed by atoms with Crippen molar-refractivity contribution >= 4 is 35.2 Å². The molecule has 1 amide bonds. The number of nitrogens with zero attached hydrogens (tertiary/aromatic N) is 5. The zero-order chi connectivity index (χ0) is 22.8. The summed E-state index contributed by atoms with van der Waals surface area (Å²) in [6, 6.07) is 11.4. The molecule has 33 heavy (non-hydrogen) atoms. The van der Waals surface area contributed by atoms with Crippen molar-refractivity contribution in [2.24, 2.45) is 0 Å². The van der Waals surface area contributed by atoms with Gasteiger partial charge in [0, 0.05) is 55.8 Å². The summed E-state index contributed by atoms with van der Waals surface area (Å²) in [6.07, 6.45) is 6.84. The predicted molar refractivity (Wildman–Crippen MR) is 129 cm³/mol. The van der Waals surface area contributed by atoms with Gasteiger partial charge in [-0.3, -0.25) is 9.78 Å². The van der Waals surface area contributed by atoms with Crippen LogP contribution in [0.2, 0.25) is 6.82 Å². The van der Waals surface area contributed by atoms with Crippen molar-refractivity contribution in [2.45, 2.75) is 6.82 Å². The first kappa shape index (κ1) is 21.1. The van der Waals surface area contributed by atoms with E-state index in [0.29, 0.717) is 11.5 Å². The molecule has 1 saturated heterocycles. The maximum atomic E-state index is 13.0. The summed E-state index contributed by atoms with van der Waals surface area (Å²) >= 11 is 0. The minimum absolute atomic E-state index is 0.278. The molecule has 9 nitrogen and oxygen atoms in total. The fraction of sp³-hybridized carbons (Fsp3) is 0.217. The second-order valence-electron chi connectivity index (χ2n) is 8.05. The van der Waals surface area contributed by atoms with Gasteiger partial charge < -0.3 is 25.0 Å². The maximum absolute atomic E-state index is 13.0. The third kappa shape index (κ3) is 4.43. The molecule has 0 aliphatic carbocycles. The number of aromatic amines is 1. The Kier molecular flexibility index (Phi) is 5.76. The van der Waals surface area contributed by atoms with Crippen LogP contribution in [0.5, 0.6) is 0 Å². The number of amides is 1. The second-order valence-corrected chi connectivity index (χ2v) is 8.05. The Morgan fingerprint density at radius 1 is 1.12 bits per heavy atom. The highest BCUT2D eigenvalue weighted by Crippen LogP contribution is 2.27. The lowest BCUT2D eigenvalue weighted by Crippen LogP contribution is -2.51. The summed E-state index contributed by atoms with van der Waals surface area (Å²) in [4.78, 5) is 33.5. The SMILES string of the molecule is CB(O)N1CCN(c2ccncc2NC(=O)c2ccnc(-c3ccc4cc[nH]c4c3)n2)CC1.